The second-order valence-corrected chi connectivity index (χ2v) is 7.54. The Labute approximate surface area is 160 Å². The summed E-state index contributed by atoms with van der Waals surface area (Å²) in [6.45, 7) is 1.91. The number of nitrogens with one attached hydrogen (secondary N) is 2. The van der Waals surface area contributed by atoms with Crippen molar-refractivity contribution in [3.63, 3.8) is 0 Å². The van der Waals surface area contributed by atoms with E-state index >= 15 is 0 Å². The van der Waals surface area contributed by atoms with E-state index in [2.05, 4.69) is 10.6 Å². The highest BCUT2D eigenvalue weighted by Gasteiger charge is 2.33. The first-order valence-corrected chi connectivity index (χ1v) is 9.43. The quantitative estimate of drug-likeness (QED) is 0.628. The lowest BCUT2D eigenvalue weighted by Crippen LogP contribution is -2.22. The Bertz CT molecular complexity index is 1030. The molecule has 0 fully saturated rings. The molecule has 4 rings (SSSR count). The van der Waals surface area contributed by atoms with Gasteiger partial charge in [0.2, 0.25) is 5.91 Å². The molecule has 3 aromatic rings. The van der Waals surface area contributed by atoms with E-state index in [0.717, 1.165) is 22.4 Å². The summed E-state index contributed by atoms with van der Waals surface area (Å²) in [6, 6.07) is 16.2. The van der Waals surface area contributed by atoms with E-state index in [-0.39, 0.29) is 29.9 Å². The number of hydrogen-bond acceptors (Lipinski definition) is 4. The van der Waals surface area contributed by atoms with Crippen LogP contribution in [0.15, 0.2) is 54.6 Å². The Hall–Kier alpha value is -3.12. The number of benzene rings is 2. The third-order valence-corrected chi connectivity index (χ3v) is 5.92. The molecule has 2 amide bonds. The molecule has 1 aliphatic rings. The van der Waals surface area contributed by atoms with Crippen LogP contribution in [0.25, 0.3) is 0 Å². The molecular weight excluding hydrogens is 360 g/mol. The maximum absolute atomic E-state index is 12.8. The van der Waals surface area contributed by atoms with Crippen LogP contribution in [-0.4, -0.2) is 16.9 Å². The molecule has 6 heteroatoms. The lowest BCUT2D eigenvalue weighted by atomic mass is 9.85. The molecule has 0 bridgehead atoms. The zero-order valence-electron chi connectivity index (χ0n) is 14.7. The topological polar surface area (TPSA) is 78.4 Å². The predicted molar refractivity (Wildman–Crippen MR) is 107 cm³/mol. The van der Waals surface area contributed by atoms with Crippen molar-refractivity contribution in [3.05, 3.63) is 76.2 Å². The Morgan fingerprint density at radius 3 is 2.70 bits per heavy atom. The number of hydrogen-bond donors (Lipinski definition) is 3. The van der Waals surface area contributed by atoms with Gasteiger partial charge in [0, 0.05) is 18.0 Å². The van der Waals surface area contributed by atoms with Crippen molar-refractivity contribution in [1.29, 1.82) is 0 Å². The standard InChI is InChI=1S/C21H18N2O3S/c1-12-18-16(13-6-5-9-15(24)10-13)11-17(25)23-21(18)27-19(12)20(26)22-14-7-3-2-4-8-14/h2-10,16,24H,11H2,1H3,(H,22,26)(H,23,25). The van der Waals surface area contributed by atoms with Crippen molar-refractivity contribution in [2.24, 2.45) is 0 Å². The fourth-order valence-electron chi connectivity index (χ4n) is 3.46. The summed E-state index contributed by atoms with van der Waals surface area (Å²) in [4.78, 5) is 25.6. The maximum Gasteiger partial charge on any atom is 0.266 e. The van der Waals surface area contributed by atoms with E-state index < -0.39 is 0 Å². The van der Waals surface area contributed by atoms with Gasteiger partial charge in [-0.15, -0.1) is 11.3 Å². The van der Waals surface area contributed by atoms with E-state index in [1.165, 1.54) is 11.3 Å². The molecule has 27 heavy (non-hydrogen) atoms. The van der Waals surface area contributed by atoms with Crippen molar-refractivity contribution >= 4 is 33.8 Å². The first-order chi connectivity index (χ1) is 13.0. The van der Waals surface area contributed by atoms with Crippen LogP contribution in [0.1, 0.15) is 38.7 Å². The van der Waals surface area contributed by atoms with E-state index in [1.807, 2.05) is 43.3 Å². The van der Waals surface area contributed by atoms with Crippen LogP contribution in [0, 0.1) is 6.92 Å². The largest absolute Gasteiger partial charge is 0.508 e. The number of para-hydroxylation sites is 1. The van der Waals surface area contributed by atoms with Crippen LogP contribution >= 0.6 is 11.3 Å². The average molecular weight is 378 g/mol. The average Bonchev–Trinajstić information content (AvgIpc) is 2.98. The van der Waals surface area contributed by atoms with Gasteiger partial charge in [-0.25, -0.2) is 0 Å². The van der Waals surface area contributed by atoms with Crippen molar-refractivity contribution in [3.8, 4) is 5.75 Å². The molecule has 2 heterocycles. The lowest BCUT2D eigenvalue weighted by Gasteiger charge is -2.24. The number of phenols is 1. The van der Waals surface area contributed by atoms with Crippen LogP contribution in [-0.2, 0) is 4.79 Å². The van der Waals surface area contributed by atoms with E-state index in [0.29, 0.717) is 9.88 Å². The summed E-state index contributed by atoms with van der Waals surface area (Å²) < 4.78 is 0. The third kappa shape index (κ3) is 3.31. The zero-order valence-corrected chi connectivity index (χ0v) is 15.5. The van der Waals surface area contributed by atoms with Gasteiger partial charge in [-0.05, 0) is 47.9 Å². The van der Waals surface area contributed by atoms with E-state index in [1.54, 1.807) is 18.2 Å². The molecule has 0 radical (unpaired) electrons. The molecule has 1 aliphatic heterocycles. The van der Waals surface area contributed by atoms with Gasteiger partial charge in [-0.1, -0.05) is 30.3 Å². The van der Waals surface area contributed by atoms with Gasteiger partial charge in [0.15, 0.2) is 0 Å². The minimum Gasteiger partial charge on any atom is -0.508 e. The highest BCUT2D eigenvalue weighted by atomic mass is 32.1. The summed E-state index contributed by atoms with van der Waals surface area (Å²) in [7, 11) is 0. The van der Waals surface area contributed by atoms with Crippen molar-refractivity contribution in [2.45, 2.75) is 19.3 Å². The third-order valence-electron chi connectivity index (χ3n) is 4.69. The Kier molecular flexibility index (Phi) is 4.41. The number of phenolic OH excluding ortho intramolecular Hbond substituents is 1. The zero-order chi connectivity index (χ0) is 19.0. The number of aromatic hydroxyl groups is 1. The summed E-state index contributed by atoms with van der Waals surface area (Å²) in [5.41, 5.74) is 3.39. The van der Waals surface area contributed by atoms with Gasteiger partial charge < -0.3 is 15.7 Å². The van der Waals surface area contributed by atoms with Gasteiger partial charge in [0.1, 0.15) is 5.75 Å². The molecule has 1 atom stereocenters. The monoisotopic (exact) mass is 378 g/mol. The number of carbonyl (C=O) groups excluding carboxylic acids is 2. The highest BCUT2D eigenvalue weighted by molar-refractivity contribution is 7.18. The number of carbonyl (C=O) groups is 2. The van der Waals surface area contributed by atoms with Crippen LogP contribution in [0.4, 0.5) is 10.7 Å². The minimum absolute atomic E-state index is 0.0906. The molecule has 1 unspecified atom stereocenters. The molecule has 2 aromatic carbocycles. The lowest BCUT2D eigenvalue weighted by molar-refractivity contribution is -0.116. The fraction of sp³-hybridized carbons (Fsp3) is 0.143. The van der Waals surface area contributed by atoms with Crippen LogP contribution in [0.3, 0.4) is 0 Å². The fourth-order valence-corrected chi connectivity index (χ4v) is 4.64. The number of rotatable bonds is 3. The Morgan fingerprint density at radius 1 is 1.19 bits per heavy atom. The van der Waals surface area contributed by atoms with Gasteiger partial charge >= 0.3 is 0 Å². The highest BCUT2D eigenvalue weighted by Crippen LogP contribution is 2.45. The van der Waals surface area contributed by atoms with Gasteiger partial charge in [-0.2, -0.15) is 0 Å². The Morgan fingerprint density at radius 2 is 1.96 bits per heavy atom. The smallest absolute Gasteiger partial charge is 0.266 e. The number of thiophene rings is 1. The maximum atomic E-state index is 12.8. The van der Waals surface area contributed by atoms with Crippen molar-refractivity contribution in [2.75, 3.05) is 10.6 Å². The molecule has 0 spiro atoms. The molecule has 3 N–H and O–H groups in total. The van der Waals surface area contributed by atoms with E-state index in [9.17, 15) is 14.7 Å². The van der Waals surface area contributed by atoms with Crippen molar-refractivity contribution in [1.82, 2.24) is 0 Å². The van der Waals surface area contributed by atoms with Gasteiger partial charge in [0.05, 0.1) is 9.88 Å². The van der Waals surface area contributed by atoms with Crippen LogP contribution in [0.2, 0.25) is 0 Å². The minimum atomic E-state index is -0.193. The summed E-state index contributed by atoms with van der Waals surface area (Å²) in [5, 5.41) is 16.3. The number of amides is 2. The molecule has 136 valence electrons. The number of anilines is 2. The molecule has 5 nitrogen and oxygen atoms in total. The molecule has 0 saturated heterocycles. The van der Waals surface area contributed by atoms with Crippen LogP contribution < -0.4 is 10.6 Å². The molecule has 0 aliphatic carbocycles. The molecule has 0 saturated carbocycles. The molecular formula is C21H18N2O3S. The van der Waals surface area contributed by atoms with Gasteiger partial charge in [0.25, 0.3) is 5.91 Å². The molecule has 1 aromatic heterocycles. The van der Waals surface area contributed by atoms with E-state index in [4.69, 9.17) is 0 Å². The Balaban J connectivity index is 1.73. The number of fused-ring (bicyclic) bond motifs is 1. The second-order valence-electron chi connectivity index (χ2n) is 6.52. The second kappa shape index (κ2) is 6.89. The SMILES string of the molecule is Cc1c(C(=O)Nc2ccccc2)sc2c1C(c1cccc(O)c1)CC(=O)N2. The summed E-state index contributed by atoms with van der Waals surface area (Å²) >= 11 is 1.29. The normalized spacial score (nSPS) is 15.7. The van der Waals surface area contributed by atoms with Gasteiger partial charge in [-0.3, -0.25) is 9.59 Å². The van der Waals surface area contributed by atoms with Crippen molar-refractivity contribution < 1.29 is 14.7 Å². The first-order valence-electron chi connectivity index (χ1n) is 8.61. The summed E-state index contributed by atoms with van der Waals surface area (Å²) in [6.07, 6.45) is 0.285. The first kappa shape index (κ1) is 17.3. The van der Waals surface area contributed by atoms with Crippen LogP contribution in [0.5, 0.6) is 5.75 Å². The summed E-state index contributed by atoms with van der Waals surface area (Å²) in [5.74, 6) is -0.306. The predicted octanol–water partition coefficient (Wildman–Crippen LogP) is 4.49.